The lowest BCUT2D eigenvalue weighted by Gasteiger charge is -2.00. The largest absolute Gasteiger partial charge is 0.379 e. The van der Waals surface area contributed by atoms with Gasteiger partial charge in [0, 0.05) is 6.08 Å². The fraction of sp³-hybridized carbons (Fsp3) is 0. The van der Waals surface area contributed by atoms with E-state index in [0.29, 0.717) is 6.08 Å². The number of hydrogen-bond donors (Lipinski definition) is 1. The molecule has 1 radical (unpaired) electrons. The van der Waals surface area contributed by atoms with Gasteiger partial charge in [-0.15, -0.1) is 0 Å². The van der Waals surface area contributed by atoms with Gasteiger partial charge in [-0.05, 0) is 17.7 Å². The normalized spacial score (nSPS) is 11.8. The van der Waals surface area contributed by atoms with Crippen LogP contribution in [0.25, 0.3) is 6.08 Å². The van der Waals surface area contributed by atoms with Gasteiger partial charge >= 0.3 is 5.97 Å². The third-order valence-electron chi connectivity index (χ3n) is 1.60. The van der Waals surface area contributed by atoms with Crippen molar-refractivity contribution in [1.29, 1.82) is 0 Å². The van der Waals surface area contributed by atoms with Crippen molar-refractivity contribution in [1.82, 2.24) is 0 Å². The Kier molecular flexibility index (Phi) is 3.23. The van der Waals surface area contributed by atoms with Crippen LogP contribution in [0.5, 0.6) is 0 Å². The van der Waals surface area contributed by atoms with Crippen molar-refractivity contribution in [2.24, 2.45) is 0 Å². The molecule has 0 saturated heterocycles. The molecule has 0 heterocycles. The minimum atomic E-state index is -4.35. The zero-order valence-corrected chi connectivity index (χ0v) is 8.27. The van der Waals surface area contributed by atoms with Crippen LogP contribution in [0.1, 0.15) is 5.56 Å². The van der Waals surface area contributed by atoms with E-state index >= 15 is 0 Å². The maximum atomic E-state index is 10.9. The monoisotopic (exact) mass is 227 g/mol. The van der Waals surface area contributed by atoms with Crippen LogP contribution < -0.4 is 0 Å². The molecule has 0 aliphatic rings. The van der Waals surface area contributed by atoms with E-state index in [2.05, 4.69) is 0 Å². The van der Waals surface area contributed by atoms with Gasteiger partial charge in [0.05, 0.1) is 0 Å². The summed E-state index contributed by atoms with van der Waals surface area (Å²) in [6, 6.07) is 5.47. The minimum Gasteiger partial charge on any atom is -0.282 e. The Labute approximate surface area is 86.4 Å². The van der Waals surface area contributed by atoms with Crippen molar-refractivity contribution in [2.45, 2.75) is 4.90 Å². The average molecular weight is 227 g/mol. The van der Waals surface area contributed by atoms with Crippen LogP contribution in [-0.4, -0.2) is 18.9 Å². The molecule has 0 saturated carbocycles. The van der Waals surface area contributed by atoms with E-state index in [1.165, 1.54) is 24.3 Å². The molecule has 0 unspecified atom stereocenters. The van der Waals surface area contributed by atoms with Crippen LogP contribution in [-0.2, 0) is 20.0 Å². The summed E-state index contributed by atoms with van der Waals surface area (Å²) in [5, 5.41) is 10.1. The molecule has 0 aliphatic carbocycles. The first-order valence-electron chi connectivity index (χ1n) is 3.87. The molecule has 1 aromatic rings. The van der Waals surface area contributed by atoms with Gasteiger partial charge in [0.1, 0.15) is 4.90 Å². The quantitative estimate of drug-likeness (QED) is 0.613. The van der Waals surface area contributed by atoms with Gasteiger partial charge in [-0.2, -0.15) is 8.42 Å². The summed E-state index contributed by atoms with van der Waals surface area (Å²) in [5.41, 5.74) is 0.0872. The molecule has 5 nitrogen and oxygen atoms in total. The summed E-state index contributed by atoms with van der Waals surface area (Å²) in [4.78, 5) is 9.78. The van der Waals surface area contributed by atoms with E-state index in [-0.39, 0.29) is 10.5 Å². The van der Waals surface area contributed by atoms with Gasteiger partial charge in [-0.25, -0.2) is 9.90 Å². The van der Waals surface area contributed by atoms with E-state index < -0.39 is 16.1 Å². The molecule has 0 amide bonds. The van der Waals surface area contributed by atoms with Crippen molar-refractivity contribution >= 4 is 22.2 Å². The van der Waals surface area contributed by atoms with Crippen molar-refractivity contribution < 1.29 is 22.9 Å². The Hall–Kier alpha value is -1.66. The molecule has 1 rings (SSSR count). The SMILES string of the molecule is [O]C(=O)/C=C/c1ccccc1S(=O)(=O)O. The molecule has 0 aliphatic heterocycles. The van der Waals surface area contributed by atoms with Gasteiger partial charge in [0.15, 0.2) is 0 Å². The minimum absolute atomic E-state index is 0.0872. The van der Waals surface area contributed by atoms with Crippen molar-refractivity contribution in [3.8, 4) is 0 Å². The molecular weight excluding hydrogens is 220 g/mol. The summed E-state index contributed by atoms with van der Waals surface area (Å²) in [5.74, 6) is -1.44. The van der Waals surface area contributed by atoms with Crippen LogP contribution in [0.3, 0.4) is 0 Å². The Morgan fingerprint density at radius 2 is 1.87 bits per heavy atom. The van der Waals surface area contributed by atoms with E-state index in [1.54, 1.807) is 0 Å². The van der Waals surface area contributed by atoms with Gasteiger partial charge < -0.3 is 0 Å². The highest BCUT2D eigenvalue weighted by atomic mass is 32.2. The van der Waals surface area contributed by atoms with Crippen LogP contribution in [0.15, 0.2) is 35.2 Å². The summed E-state index contributed by atoms with van der Waals surface area (Å²) < 4.78 is 30.5. The van der Waals surface area contributed by atoms with E-state index in [0.717, 1.165) is 6.08 Å². The van der Waals surface area contributed by atoms with Crippen molar-refractivity contribution in [3.05, 3.63) is 35.9 Å². The van der Waals surface area contributed by atoms with E-state index in [9.17, 15) is 18.3 Å². The molecule has 1 N–H and O–H groups in total. The Balaban J connectivity index is 3.25. The lowest BCUT2D eigenvalue weighted by Crippen LogP contribution is -2.00. The summed E-state index contributed by atoms with van der Waals surface area (Å²) in [6.07, 6.45) is 1.72. The fourth-order valence-corrected chi connectivity index (χ4v) is 1.70. The average Bonchev–Trinajstić information content (AvgIpc) is 2.13. The third-order valence-corrected chi connectivity index (χ3v) is 2.52. The van der Waals surface area contributed by atoms with Crippen LogP contribution in [0.2, 0.25) is 0 Å². The number of benzene rings is 1. The Morgan fingerprint density at radius 3 is 2.40 bits per heavy atom. The molecule has 0 atom stereocenters. The second kappa shape index (κ2) is 4.24. The lowest BCUT2D eigenvalue weighted by molar-refractivity contribution is -0.137. The zero-order chi connectivity index (χ0) is 11.5. The Bertz CT molecular complexity index is 501. The molecule has 0 aromatic heterocycles. The van der Waals surface area contributed by atoms with Crippen LogP contribution in [0, 0.1) is 0 Å². The molecule has 0 bridgehead atoms. The third kappa shape index (κ3) is 3.19. The molecular formula is C9H7O5S. The molecule has 0 fully saturated rings. The molecule has 79 valence electrons. The fourth-order valence-electron chi connectivity index (χ4n) is 1.01. The van der Waals surface area contributed by atoms with Crippen molar-refractivity contribution in [2.75, 3.05) is 0 Å². The summed E-state index contributed by atoms with van der Waals surface area (Å²) in [7, 11) is -4.35. The topological polar surface area (TPSA) is 91.3 Å². The zero-order valence-electron chi connectivity index (χ0n) is 7.45. The van der Waals surface area contributed by atoms with E-state index in [4.69, 9.17) is 4.55 Å². The standard InChI is InChI=1S/C9H7O5S/c10-9(11)6-5-7-3-1-2-4-8(7)15(12,13)14/h1-6H,(H,12,13,14)/b6-5+. The first kappa shape index (κ1) is 11.4. The number of carbonyl (C=O) groups excluding carboxylic acids is 1. The number of hydrogen-bond acceptors (Lipinski definition) is 3. The highest BCUT2D eigenvalue weighted by molar-refractivity contribution is 7.85. The maximum absolute atomic E-state index is 10.9. The molecule has 15 heavy (non-hydrogen) atoms. The first-order chi connectivity index (χ1) is 6.91. The van der Waals surface area contributed by atoms with E-state index in [1.807, 2.05) is 0 Å². The van der Waals surface area contributed by atoms with Crippen LogP contribution >= 0.6 is 0 Å². The molecule has 0 spiro atoms. The smallest absolute Gasteiger partial charge is 0.282 e. The predicted molar refractivity (Wildman–Crippen MR) is 51.0 cm³/mol. The van der Waals surface area contributed by atoms with Crippen molar-refractivity contribution in [3.63, 3.8) is 0 Å². The Morgan fingerprint density at radius 1 is 1.27 bits per heavy atom. The second-order valence-corrected chi connectivity index (χ2v) is 4.06. The lowest BCUT2D eigenvalue weighted by atomic mass is 10.2. The summed E-state index contributed by atoms with van der Waals surface area (Å²) >= 11 is 0. The second-order valence-electron chi connectivity index (χ2n) is 2.67. The van der Waals surface area contributed by atoms with Gasteiger partial charge in [-0.1, -0.05) is 18.2 Å². The predicted octanol–water partition coefficient (Wildman–Crippen LogP) is 0.904. The van der Waals surface area contributed by atoms with Gasteiger partial charge in [-0.3, -0.25) is 4.55 Å². The van der Waals surface area contributed by atoms with Gasteiger partial charge in [0.25, 0.3) is 10.1 Å². The molecule has 6 heteroatoms. The summed E-state index contributed by atoms with van der Waals surface area (Å²) in [6.45, 7) is 0. The first-order valence-corrected chi connectivity index (χ1v) is 5.31. The van der Waals surface area contributed by atoms with Gasteiger partial charge in [0.2, 0.25) is 0 Å². The maximum Gasteiger partial charge on any atom is 0.379 e. The highest BCUT2D eigenvalue weighted by Crippen LogP contribution is 2.16. The number of rotatable bonds is 3. The molecule has 1 aromatic carbocycles. The van der Waals surface area contributed by atoms with Crippen LogP contribution in [0.4, 0.5) is 0 Å². The highest BCUT2D eigenvalue weighted by Gasteiger charge is 2.12. The number of carbonyl (C=O) groups is 1.